The van der Waals surface area contributed by atoms with Crippen LogP contribution in [-0.4, -0.2) is 19.7 Å². The van der Waals surface area contributed by atoms with Gasteiger partial charge in [0.2, 0.25) is 0 Å². The van der Waals surface area contributed by atoms with Crippen LogP contribution in [0.15, 0.2) is 29.1 Å². The molecule has 0 aliphatic carbocycles. The molecule has 88 valence electrons. The number of rotatable bonds is 3. The van der Waals surface area contributed by atoms with Gasteiger partial charge in [-0.25, -0.2) is 4.98 Å². The van der Waals surface area contributed by atoms with Crippen LogP contribution >= 0.6 is 15.9 Å². The van der Waals surface area contributed by atoms with Gasteiger partial charge in [0, 0.05) is 19.3 Å². The van der Waals surface area contributed by atoms with E-state index in [9.17, 15) is 10.1 Å². The first-order valence-corrected chi connectivity index (χ1v) is 5.41. The highest BCUT2D eigenvalue weighted by molar-refractivity contribution is 9.10. The molecule has 0 saturated heterocycles. The number of aryl methyl sites for hydroxylation is 1. The van der Waals surface area contributed by atoms with Crippen molar-refractivity contribution < 1.29 is 4.92 Å². The van der Waals surface area contributed by atoms with Crippen LogP contribution in [0, 0.1) is 10.1 Å². The molecule has 8 heteroatoms. The fraction of sp³-hybridized carbons (Fsp3) is 0.111. The van der Waals surface area contributed by atoms with Crippen LogP contribution in [0.3, 0.4) is 0 Å². The molecular formula is C9H8BrN5O2. The van der Waals surface area contributed by atoms with Crippen molar-refractivity contribution in [1.29, 1.82) is 0 Å². The van der Waals surface area contributed by atoms with Gasteiger partial charge < -0.3 is 5.32 Å². The molecule has 17 heavy (non-hydrogen) atoms. The summed E-state index contributed by atoms with van der Waals surface area (Å²) in [5, 5.41) is 17.5. The first-order chi connectivity index (χ1) is 8.06. The van der Waals surface area contributed by atoms with E-state index < -0.39 is 4.92 Å². The average molecular weight is 298 g/mol. The maximum atomic E-state index is 10.5. The van der Waals surface area contributed by atoms with Crippen molar-refractivity contribution in [3.8, 4) is 0 Å². The van der Waals surface area contributed by atoms with Crippen LogP contribution in [0.25, 0.3) is 0 Å². The van der Waals surface area contributed by atoms with Crippen LogP contribution in [0.1, 0.15) is 0 Å². The first kappa shape index (κ1) is 11.5. The molecule has 0 bridgehead atoms. The lowest BCUT2D eigenvalue weighted by atomic mass is 10.4. The van der Waals surface area contributed by atoms with Crippen molar-refractivity contribution in [3.05, 3.63) is 39.2 Å². The standard InChI is InChI=1S/C9H8BrN5O2/c1-14-5-6(3-12-14)13-9-8(10)2-7(4-11-9)15(16)17/h2-5H,1H3,(H,11,13). The topological polar surface area (TPSA) is 85.9 Å². The van der Waals surface area contributed by atoms with E-state index in [0.717, 1.165) is 5.69 Å². The van der Waals surface area contributed by atoms with Gasteiger partial charge in [-0.2, -0.15) is 5.10 Å². The van der Waals surface area contributed by atoms with Gasteiger partial charge in [-0.1, -0.05) is 0 Å². The monoisotopic (exact) mass is 297 g/mol. The van der Waals surface area contributed by atoms with E-state index >= 15 is 0 Å². The number of nitrogens with one attached hydrogen (secondary N) is 1. The van der Waals surface area contributed by atoms with Gasteiger partial charge in [0.05, 0.1) is 21.3 Å². The van der Waals surface area contributed by atoms with Gasteiger partial charge in [-0.3, -0.25) is 14.8 Å². The zero-order valence-corrected chi connectivity index (χ0v) is 10.4. The van der Waals surface area contributed by atoms with Gasteiger partial charge in [-0.05, 0) is 15.9 Å². The molecule has 0 radical (unpaired) electrons. The molecule has 2 heterocycles. The SMILES string of the molecule is Cn1cc(Nc2ncc([N+](=O)[O-])cc2Br)cn1. The summed E-state index contributed by atoms with van der Waals surface area (Å²) in [4.78, 5) is 14.0. The Bertz CT molecular complexity index is 568. The molecule has 2 aromatic rings. The number of nitrogens with zero attached hydrogens (tertiary/aromatic N) is 4. The zero-order chi connectivity index (χ0) is 12.4. The fourth-order valence-corrected chi connectivity index (χ4v) is 1.68. The fourth-order valence-electron chi connectivity index (χ4n) is 1.24. The second-order valence-electron chi connectivity index (χ2n) is 3.31. The third kappa shape index (κ3) is 2.59. The molecular weight excluding hydrogens is 290 g/mol. The number of aromatic nitrogens is 3. The van der Waals surface area contributed by atoms with Crippen LogP contribution in [-0.2, 0) is 7.05 Å². The molecule has 0 spiro atoms. The van der Waals surface area contributed by atoms with Crippen molar-refractivity contribution in [3.63, 3.8) is 0 Å². The van der Waals surface area contributed by atoms with Crippen LogP contribution in [0.4, 0.5) is 17.2 Å². The number of hydrogen-bond acceptors (Lipinski definition) is 5. The van der Waals surface area contributed by atoms with Crippen molar-refractivity contribution >= 4 is 33.1 Å². The number of pyridine rings is 1. The average Bonchev–Trinajstić information content (AvgIpc) is 2.67. The van der Waals surface area contributed by atoms with Crippen molar-refractivity contribution in [1.82, 2.24) is 14.8 Å². The van der Waals surface area contributed by atoms with Crippen LogP contribution < -0.4 is 5.32 Å². The number of halogens is 1. The van der Waals surface area contributed by atoms with E-state index in [2.05, 4.69) is 31.3 Å². The molecule has 1 N–H and O–H groups in total. The van der Waals surface area contributed by atoms with E-state index in [0.29, 0.717) is 10.3 Å². The summed E-state index contributed by atoms with van der Waals surface area (Å²) >= 11 is 3.22. The van der Waals surface area contributed by atoms with Gasteiger partial charge in [0.1, 0.15) is 12.0 Å². The Morgan fingerprint density at radius 1 is 1.53 bits per heavy atom. The maximum absolute atomic E-state index is 10.5. The Hall–Kier alpha value is -1.96. The molecule has 0 aromatic carbocycles. The summed E-state index contributed by atoms with van der Waals surface area (Å²) in [6.07, 6.45) is 4.61. The molecule has 0 unspecified atom stereocenters. The van der Waals surface area contributed by atoms with Crippen LogP contribution in [0.5, 0.6) is 0 Å². The second-order valence-corrected chi connectivity index (χ2v) is 4.16. The van der Waals surface area contributed by atoms with Crippen molar-refractivity contribution in [2.45, 2.75) is 0 Å². The number of anilines is 2. The third-order valence-corrected chi connectivity index (χ3v) is 2.61. The summed E-state index contributed by atoms with van der Waals surface area (Å²) in [7, 11) is 1.80. The predicted molar refractivity (Wildman–Crippen MR) is 65.1 cm³/mol. The molecule has 0 aliphatic heterocycles. The smallest absolute Gasteiger partial charge is 0.288 e. The molecule has 0 saturated carbocycles. The van der Waals surface area contributed by atoms with E-state index in [1.165, 1.54) is 12.3 Å². The number of hydrogen-bond donors (Lipinski definition) is 1. The lowest BCUT2D eigenvalue weighted by molar-refractivity contribution is -0.385. The summed E-state index contributed by atoms with van der Waals surface area (Å²) < 4.78 is 2.16. The van der Waals surface area contributed by atoms with E-state index in [-0.39, 0.29) is 5.69 Å². The minimum Gasteiger partial charge on any atom is -0.337 e. The Balaban J connectivity index is 2.25. The van der Waals surface area contributed by atoms with E-state index in [1.54, 1.807) is 24.1 Å². The predicted octanol–water partition coefficient (Wildman–Crippen LogP) is 2.23. The minimum absolute atomic E-state index is 0.0615. The summed E-state index contributed by atoms with van der Waals surface area (Å²) in [6.45, 7) is 0. The van der Waals surface area contributed by atoms with Crippen LogP contribution in [0.2, 0.25) is 0 Å². The Morgan fingerprint density at radius 3 is 2.82 bits per heavy atom. The lowest BCUT2D eigenvalue weighted by Gasteiger charge is -2.04. The van der Waals surface area contributed by atoms with Gasteiger partial charge >= 0.3 is 0 Å². The molecule has 2 aromatic heterocycles. The molecule has 7 nitrogen and oxygen atoms in total. The zero-order valence-electron chi connectivity index (χ0n) is 8.79. The first-order valence-electron chi connectivity index (χ1n) is 4.62. The quantitative estimate of drug-likeness (QED) is 0.693. The molecule has 0 fully saturated rings. The van der Waals surface area contributed by atoms with Crippen molar-refractivity contribution in [2.75, 3.05) is 5.32 Å². The van der Waals surface area contributed by atoms with Gasteiger partial charge in [0.15, 0.2) is 0 Å². The van der Waals surface area contributed by atoms with E-state index in [1.807, 2.05) is 0 Å². The summed E-state index contributed by atoms with van der Waals surface area (Å²) in [6, 6.07) is 1.39. The highest BCUT2D eigenvalue weighted by atomic mass is 79.9. The molecule has 0 amide bonds. The van der Waals surface area contributed by atoms with E-state index in [4.69, 9.17) is 0 Å². The minimum atomic E-state index is -0.494. The second kappa shape index (κ2) is 4.50. The summed E-state index contributed by atoms with van der Waals surface area (Å²) in [5.41, 5.74) is 0.697. The normalized spacial score (nSPS) is 10.2. The molecule has 0 atom stereocenters. The number of nitro groups is 1. The Kier molecular flexibility index (Phi) is 3.05. The molecule has 2 rings (SSSR count). The highest BCUT2D eigenvalue weighted by Crippen LogP contribution is 2.26. The van der Waals surface area contributed by atoms with Crippen molar-refractivity contribution in [2.24, 2.45) is 7.05 Å². The third-order valence-electron chi connectivity index (χ3n) is 2.01. The molecule has 0 aliphatic rings. The highest BCUT2D eigenvalue weighted by Gasteiger charge is 2.10. The van der Waals surface area contributed by atoms with Gasteiger partial charge in [0.25, 0.3) is 5.69 Å². The lowest BCUT2D eigenvalue weighted by Crippen LogP contribution is -1.96. The summed E-state index contributed by atoms with van der Waals surface area (Å²) in [5.74, 6) is 0.503. The Morgan fingerprint density at radius 2 is 2.29 bits per heavy atom. The van der Waals surface area contributed by atoms with Gasteiger partial charge in [-0.15, -0.1) is 0 Å². The Labute approximate surface area is 105 Å². The maximum Gasteiger partial charge on any atom is 0.288 e. The largest absolute Gasteiger partial charge is 0.337 e.